The Labute approximate surface area is 145 Å². The molecule has 0 spiro atoms. The summed E-state index contributed by atoms with van der Waals surface area (Å²) < 4.78 is 1.24. The van der Waals surface area contributed by atoms with E-state index in [-0.39, 0.29) is 0 Å². The Morgan fingerprint density at radius 1 is 1.08 bits per heavy atom. The maximum atomic E-state index is 4.68. The molecule has 1 aliphatic rings. The van der Waals surface area contributed by atoms with Crippen molar-refractivity contribution in [1.82, 2.24) is 15.0 Å². The lowest BCUT2D eigenvalue weighted by Crippen LogP contribution is -2.39. The van der Waals surface area contributed by atoms with Gasteiger partial charge in [0.25, 0.3) is 0 Å². The molecular weight excluding hydrogens is 318 g/mol. The number of benzene rings is 1. The number of nitrogens with zero attached hydrogens (tertiary/aromatic N) is 4. The van der Waals surface area contributed by atoms with E-state index in [1.807, 2.05) is 19.9 Å². The van der Waals surface area contributed by atoms with Crippen LogP contribution >= 0.6 is 11.3 Å². The van der Waals surface area contributed by atoms with Crippen molar-refractivity contribution in [3.8, 4) is 0 Å². The molecule has 5 nitrogen and oxygen atoms in total. The Hall–Kier alpha value is -2.21. The van der Waals surface area contributed by atoms with Gasteiger partial charge in [-0.25, -0.2) is 15.0 Å². The maximum absolute atomic E-state index is 4.68. The third-order valence-electron chi connectivity index (χ3n) is 4.39. The highest BCUT2D eigenvalue weighted by molar-refractivity contribution is 7.22. The highest BCUT2D eigenvalue weighted by atomic mass is 32.1. The van der Waals surface area contributed by atoms with Gasteiger partial charge < -0.3 is 10.2 Å². The van der Waals surface area contributed by atoms with E-state index in [1.165, 1.54) is 4.70 Å². The van der Waals surface area contributed by atoms with Gasteiger partial charge in [-0.15, -0.1) is 0 Å². The SMILES string of the molecule is Cc1cc(N2CCC(Nc3nc4ccccc4s3)CC2)nc(C)n1. The first-order valence-corrected chi connectivity index (χ1v) is 9.18. The number of nitrogens with one attached hydrogen (secondary N) is 1. The van der Waals surface area contributed by atoms with Gasteiger partial charge in [0.05, 0.1) is 10.2 Å². The summed E-state index contributed by atoms with van der Waals surface area (Å²) in [4.78, 5) is 16.0. The predicted octanol–water partition coefficient (Wildman–Crippen LogP) is 3.78. The predicted molar refractivity (Wildman–Crippen MR) is 100.0 cm³/mol. The second kappa shape index (κ2) is 6.36. The monoisotopic (exact) mass is 339 g/mol. The molecule has 0 bridgehead atoms. The first-order chi connectivity index (χ1) is 11.7. The molecule has 4 rings (SSSR count). The van der Waals surface area contributed by atoms with Crippen LogP contribution in [-0.2, 0) is 0 Å². The lowest BCUT2D eigenvalue weighted by molar-refractivity contribution is 0.522. The molecule has 0 atom stereocenters. The van der Waals surface area contributed by atoms with Gasteiger partial charge in [-0.1, -0.05) is 23.5 Å². The van der Waals surface area contributed by atoms with Crippen LogP contribution in [-0.4, -0.2) is 34.1 Å². The number of fused-ring (bicyclic) bond motifs is 1. The van der Waals surface area contributed by atoms with Crippen molar-refractivity contribution >= 4 is 32.5 Å². The van der Waals surface area contributed by atoms with E-state index >= 15 is 0 Å². The number of anilines is 2. The number of aromatic nitrogens is 3. The van der Waals surface area contributed by atoms with Gasteiger partial charge in [0.2, 0.25) is 0 Å². The second-order valence-corrected chi connectivity index (χ2v) is 7.34. The highest BCUT2D eigenvalue weighted by Gasteiger charge is 2.21. The van der Waals surface area contributed by atoms with Gasteiger partial charge >= 0.3 is 0 Å². The fourth-order valence-corrected chi connectivity index (χ4v) is 4.16. The van der Waals surface area contributed by atoms with Crippen LogP contribution in [0.2, 0.25) is 0 Å². The molecule has 2 aromatic heterocycles. The first kappa shape index (κ1) is 15.3. The Balaban J connectivity index is 1.40. The Morgan fingerprint density at radius 2 is 1.88 bits per heavy atom. The van der Waals surface area contributed by atoms with Crippen molar-refractivity contribution in [2.75, 3.05) is 23.3 Å². The third-order valence-corrected chi connectivity index (χ3v) is 5.36. The molecule has 1 N–H and O–H groups in total. The van der Waals surface area contributed by atoms with E-state index in [0.29, 0.717) is 6.04 Å². The largest absolute Gasteiger partial charge is 0.359 e. The average Bonchev–Trinajstić information content (AvgIpc) is 2.97. The fourth-order valence-electron chi connectivity index (χ4n) is 3.22. The molecular formula is C18H21N5S. The maximum Gasteiger partial charge on any atom is 0.184 e. The van der Waals surface area contributed by atoms with Crippen molar-refractivity contribution in [2.45, 2.75) is 32.7 Å². The summed E-state index contributed by atoms with van der Waals surface area (Å²) in [5.41, 5.74) is 2.11. The van der Waals surface area contributed by atoms with Crippen LogP contribution in [0.5, 0.6) is 0 Å². The molecule has 124 valence electrons. The number of hydrogen-bond acceptors (Lipinski definition) is 6. The number of thiazole rings is 1. The quantitative estimate of drug-likeness (QED) is 0.787. The van der Waals surface area contributed by atoms with Gasteiger partial charge in [-0.3, -0.25) is 0 Å². The molecule has 1 fully saturated rings. The Morgan fingerprint density at radius 3 is 2.62 bits per heavy atom. The zero-order valence-electron chi connectivity index (χ0n) is 14.0. The molecule has 0 unspecified atom stereocenters. The molecule has 0 aliphatic carbocycles. The molecule has 3 aromatic rings. The summed E-state index contributed by atoms with van der Waals surface area (Å²) in [6, 6.07) is 10.9. The molecule has 0 radical (unpaired) electrons. The van der Waals surface area contributed by atoms with E-state index in [2.05, 4.69) is 49.4 Å². The van der Waals surface area contributed by atoms with Crippen molar-refractivity contribution in [2.24, 2.45) is 0 Å². The minimum absolute atomic E-state index is 0.478. The summed E-state index contributed by atoms with van der Waals surface area (Å²) in [5.74, 6) is 1.90. The number of piperidine rings is 1. The third kappa shape index (κ3) is 3.19. The van der Waals surface area contributed by atoms with Crippen molar-refractivity contribution in [3.05, 3.63) is 41.9 Å². The lowest BCUT2D eigenvalue weighted by atomic mass is 10.1. The molecule has 1 aliphatic heterocycles. The number of para-hydroxylation sites is 1. The van der Waals surface area contributed by atoms with Crippen LogP contribution in [0.4, 0.5) is 10.9 Å². The Bertz CT molecular complexity index is 798. The summed E-state index contributed by atoms with van der Waals surface area (Å²) >= 11 is 1.74. The summed E-state index contributed by atoms with van der Waals surface area (Å²) in [6.07, 6.45) is 2.19. The number of rotatable bonds is 3. The lowest BCUT2D eigenvalue weighted by Gasteiger charge is -2.33. The van der Waals surface area contributed by atoms with E-state index in [1.54, 1.807) is 11.3 Å². The van der Waals surface area contributed by atoms with Crippen LogP contribution in [0.15, 0.2) is 30.3 Å². The van der Waals surface area contributed by atoms with Crippen LogP contribution in [0.25, 0.3) is 10.2 Å². The Kier molecular flexibility index (Phi) is 4.06. The van der Waals surface area contributed by atoms with Crippen LogP contribution in [0.1, 0.15) is 24.4 Å². The molecule has 0 amide bonds. The summed E-state index contributed by atoms with van der Waals surface area (Å²) in [7, 11) is 0. The average molecular weight is 339 g/mol. The van der Waals surface area contributed by atoms with Crippen LogP contribution in [0.3, 0.4) is 0 Å². The van der Waals surface area contributed by atoms with Gasteiger partial charge in [-0.2, -0.15) is 0 Å². The van der Waals surface area contributed by atoms with E-state index in [4.69, 9.17) is 0 Å². The van der Waals surface area contributed by atoms with E-state index < -0.39 is 0 Å². The van der Waals surface area contributed by atoms with Crippen molar-refractivity contribution in [1.29, 1.82) is 0 Å². The molecule has 3 heterocycles. The number of aryl methyl sites for hydroxylation is 2. The molecule has 6 heteroatoms. The van der Waals surface area contributed by atoms with Gasteiger partial charge in [-0.05, 0) is 38.8 Å². The number of hydrogen-bond donors (Lipinski definition) is 1. The molecule has 0 saturated carbocycles. The van der Waals surface area contributed by atoms with E-state index in [9.17, 15) is 0 Å². The normalized spacial score (nSPS) is 15.8. The smallest absolute Gasteiger partial charge is 0.184 e. The van der Waals surface area contributed by atoms with Crippen LogP contribution < -0.4 is 10.2 Å². The van der Waals surface area contributed by atoms with E-state index in [0.717, 1.165) is 53.9 Å². The van der Waals surface area contributed by atoms with Gasteiger partial charge in [0.1, 0.15) is 11.6 Å². The molecule has 1 saturated heterocycles. The zero-order chi connectivity index (χ0) is 16.5. The molecule has 24 heavy (non-hydrogen) atoms. The van der Waals surface area contributed by atoms with Gasteiger partial charge in [0.15, 0.2) is 5.13 Å². The molecule has 1 aromatic carbocycles. The second-order valence-electron chi connectivity index (χ2n) is 6.31. The minimum atomic E-state index is 0.478. The summed E-state index contributed by atoms with van der Waals surface area (Å²) in [5, 5.41) is 4.64. The fraction of sp³-hybridized carbons (Fsp3) is 0.389. The minimum Gasteiger partial charge on any atom is -0.359 e. The first-order valence-electron chi connectivity index (χ1n) is 8.37. The van der Waals surface area contributed by atoms with Crippen molar-refractivity contribution in [3.63, 3.8) is 0 Å². The van der Waals surface area contributed by atoms with Crippen molar-refractivity contribution < 1.29 is 0 Å². The highest BCUT2D eigenvalue weighted by Crippen LogP contribution is 2.28. The zero-order valence-corrected chi connectivity index (χ0v) is 14.8. The van der Waals surface area contributed by atoms with Gasteiger partial charge in [0, 0.05) is 30.9 Å². The van der Waals surface area contributed by atoms with Crippen LogP contribution in [0, 0.1) is 13.8 Å². The topological polar surface area (TPSA) is 53.9 Å². The standard InChI is InChI=1S/C18H21N5S/c1-12-11-17(20-13(2)19-12)23-9-7-14(8-10-23)21-18-22-15-5-3-4-6-16(15)24-18/h3-6,11,14H,7-10H2,1-2H3,(H,21,22). The summed E-state index contributed by atoms with van der Waals surface area (Å²) in [6.45, 7) is 6.01.